The molecular weight excluding hydrogens is 309 g/mol. The number of anilines is 1. The van der Waals surface area contributed by atoms with E-state index in [1.807, 2.05) is 43.3 Å². The molecule has 2 aromatic carbocycles. The maximum absolute atomic E-state index is 11.4. The van der Waals surface area contributed by atoms with E-state index in [4.69, 9.17) is 27.9 Å². The molecule has 1 aliphatic rings. The van der Waals surface area contributed by atoms with Crippen molar-refractivity contribution in [3.8, 4) is 5.75 Å². The van der Waals surface area contributed by atoms with Gasteiger partial charge in [0.15, 0.2) is 6.61 Å². The summed E-state index contributed by atoms with van der Waals surface area (Å²) in [4.78, 5) is 11.4. The van der Waals surface area contributed by atoms with Gasteiger partial charge in [-0.25, -0.2) is 0 Å². The number of hydrogen-bond acceptors (Lipinski definition) is 2. The summed E-state index contributed by atoms with van der Waals surface area (Å²) in [6.45, 7) is 1.98. The average molecular weight is 322 g/mol. The Kier molecular flexibility index (Phi) is 3.79. The molecule has 2 aromatic rings. The standard InChI is InChI=1S/C16H13Cl2NO2/c1-9-3-2-4-11(15(9)17)16(18)10-5-6-13-12(7-10)19-14(20)8-21-13/h2-7,16H,8H2,1H3,(H,19,20). The lowest BCUT2D eigenvalue weighted by molar-refractivity contribution is -0.118. The van der Waals surface area contributed by atoms with Crippen molar-refractivity contribution in [2.45, 2.75) is 12.3 Å². The fourth-order valence-electron chi connectivity index (χ4n) is 2.30. The molecule has 1 N–H and O–H groups in total. The van der Waals surface area contributed by atoms with Crippen molar-refractivity contribution >= 4 is 34.8 Å². The highest BCUT2D eigenvalue weighted by atomic mass is 35.5. The lowest BCUT2D eigenvalue weighted by Gasteiger charge is -2.20. The number of alkyl halides is 1. The fraction of sp³-hybridized carbons (Fsp3) is 0.188. The van der Waals surface area contributed by atoms with E-state index in [0.717, 1.165) is 16.7 Å². The van der Waals surface area contributed by atoms with Gasteiger partial charge >= 0.3 is 0 Å². The van der Waals surface area contributed by atoms with Crippen molar-refractivity contribution in [1.82, 2.24) is 0 Å². The van der Waals surface area contributed by atoms with Gasteiger partial charge in [0, 0.05) is 5.02 Å². The number of hydrogen-bond donors (Lipinski definition) is 1. The molecule has 0 aromatic heterocycles. The van der Waals surface area contributed by atoms with Gasteiger partial charge in [-0.05, 0) is 35.7 Å². The molecule has 1 unspecified atom stereocenters. The number of halogens is 2. The van der Waals surface area contributed by atoms with E-state index in [2.05, 4.69) is 5.32 Å². The maximum Gasteiger partial charge on any atom is 0.262 e. The molecule has 0 aliphatic carbocycles. The first-order valence-corrected chi connectivity index (χ1v) is 7.33. The smallest absolute Gasteiger partial charge is 0.262 e. The first-order valence-electron chi connectivity index (χ1n) is 6.52. The molecule has 1 aliphatic heterocycles. The van der Waals surface area contributed by atoms with Crippen molar-refractivity contribution in [2.75, 3.05) is 11.9 Å². The van der Waals surface area contributed by atoms with E-state index in [-0.39, 0.29) is 17.9 Å². The van der Waals surface area contributed by atoms with Crippen LogP contribution in [-0.2, 0) is 4.79 Å². The third kappa shape index (κ3) is 2.71. The Morgan fingerprint density at radius 3 is 2.90 bits per heavy atom. The Labute approximate surface area is 132 Å². The molecule has 0 radical (unpaired) electrons. The van der Waals surface area contributed by atoms with Gasteiger partial charge in [0.25, 0.3) is 5.91 Å². The summed E-state index contributed by atoms with van der Waals surface area (Å²) < 4.78 is 5.34. The van der Waals surface area contributed by atoms with E-state index in [9.17, 15) is 4.79 Å². The third-order valence-electron chi connectivity index (χ3n) is 3.42. The number of aryl methyl sites for hydroxylation is 1. The Morgan fingerprint density at radius 1 is 1.29 bits per heavy atom. The lowest BCUT2D eigenvalue weighted by atomic mass is 10.0. The van der Waals surface area contributed by atoms with Crippen LogP contribution in [0.3, 0.4) is 0 Å². The Hall–Kier alpha value is -1.71. The molecule has 0 saturated carbocycles. The number of carbonyl (C=O) groups is 1. The Bertz CT molecular complexity index is 715. The summed E-state index contributed by atoms with van der Waals surface area (Å²) in [5.74, 6) is 0.483. The second-order valence-corrected chi connectivity index (χ2v) is 5.75. The molecule has 21 heavy (non-hydrogen) atoms. The van der Waals surface area contributed by atoms with Crippen LogP contribution in [0.2, 0.25) is 5.02 Å². The third-order valence-corrected chi connectivity index (χ3v) is 4.43. The molecular formula is C16H13Cl2NO2. The molecule has 1 atom stereocenters. The summed E-state index contributed by atoms with van der Waals surface area (Å²) in [6, 6.07) is 11.3. The largest absolute Gasteiger partial charge is 0.482 e. The van der Waals surface area contributed by atoms with Gasteiger partial charge in [0.1, 0.15) is 5.75 Å². The van der Waals surface area contributed by atoms with Crippen LogP contribution in [0.4, 0.5) is 5.69 Å². The molecule has 0 spiro atoms. The molecule has 1 heterocycles. The summed E-state index contributed by atoms with van der Waals surface area (Å²) in [7, 11) is 0. The SMILES string of the molecule is Cc1cccc(C(Cl)c2ccc3c(c2)NC(=O)CO3)c1Cl. The van der Waals surface area contributed by atoms with Gasteiger partial charge in [0.2, 0.25) is 0 Å². The first-order chi connectivity index (χ1) is 10.1. The van der Waals surface area contributed by atoms with E-state index in [0.29, 0.717) is 16.5 Å². The zero-order valence-corrected chi connectivity index (χ0v) is 12.8. The van der Waals surface area contributed by atoms with Crippen LogP contribution in [0, 0.1) is 6.92 Å². The summed E-state index contributed by atoms with van der Waals surface area (Å²) >= 11 is 12.9. The van der Waals surface area contributed by atoms with Crippen LogP contribution in [0.5, 0.6) is 5.75 Å². The van der Waals surface area contributed by atoms with Crippen LogP contribution in [0.1, 0.15) is 22.1 Å². The lowest BCUT2D eigenvalue weighted by Crippen LogP contribution is -2.25. The first kappa shape index (κ1) is 14.2. The predicted molar refractivity (Wildman–Crippen MR) is 84.5 cm³/mol. The molecule has 5 heteroatoms. The monoisotopic (exact) mass is 321 g/mol. The van der Waals surface area contributed by atoms with Gasteiger partial charge in [0.05, 0.1) is 11.1 Å². The second kappa shape index (κ2) is 5.58. The zero-order chi connectivity index (χ0) is 15.0. The number of fused-ring (bicyclic) bond motifs is 1. The number of rotatable bonds is 2. The highest BCUT2D eigenvalue weighted by molar-refractivity contribution is 6.33. The molecule has 108 valence electrons. The van der Waals surface area contributed by atoms with Crippen molar-refractivity contribution < 1.29 is 9.53 Å². The average Bonchev–Trinajstić information content (AvgIpc) is 2.48. The summed E-state index contributed by atoms with van der Waals surface area (Å²) in [6.07, 6.45) is 0. The second-order valence-electron chi connectivity index (χ2n) is 4.93. The van der Waals surface area contributed by atoms with Crippen molar-refractivity contribution in [2.24, 2.45) is 0 Å². The quantitative estimate of drug-likeness (QED) is 0.837. The van der Waals surface area contributed by atoms with E-state index < -0.39 is 0 Å². The van der Waals surface area contributed by atoms with Crippen LogP contribution < -0.4 is 10.1 Å². The van der Waals surface area contributed by atoms with Crippen LogP contribution in [0.25, 0.3) is 0 Å². The predicted octanol–water partition coefficient (Wildman–Crippen LogP) is 4.31. The maximum atomic E-state index is 11.4. The van der Waals surface area contributed by atoms with E-state index >= 15 is 0 Å². The molecule has 1 amide bonds. The van der Waals surface area contributed by atoms with Crippen LogP contribution >= 0.6 is 23.2 Å². The zero-order valence-electron chi connectivity index (χ0n) is 11.3. The minimum absolute atomic E-state index is 0.0420. The highest BCUT2D eigenvalue weighted by Gasteiger charge is 2.20. The minimum atomic E-state index is -0.387. The fourth-order valence-corrected chi connectivity index (χ4v) is 2.91. The summed E-state index contributed by atoms with van der Waals surface area (Å²) in [5, 5.41) is 3.05. The molecule has 3 nitrogen and oxygen atoms in total. The van der Waals surface area contributed by atoms with Crippen LogP contribution in [0.15, 0.2) is 36.4 Å². The number of benzene rings is 2. The molecule has 0 saturated heterocycles. The number of ether oxygens (including phenoxy) is 1. The van der Waals surface area contributed by atoms with Crippen molar-refractivity contribution in [1.29, 1.82) is 0 Å². The number of nitrogens with one attached hydrogen (secondary N) is 1. The minimum Gasteiger partial charge on any atom is -0.482 e. The Morgan fingerprint density at radius 2 is 2.10 bits per heavy atom. The van der Waals surface area contributed by atoms with Gasteiger partial charge in [-0.1, -0.05) is 35.9 Å². The van der Waals surface area contributed by atoms with Crippen LogP contribution in [-0.4, -0.2) is 12.5 Å². The van der Waals surface area contributed by atoms with Crippen molar-refractivity contribution in [3.05, 3.63) is 58.1 Å². The summed E-state index contributed by atoms with van der Waals surface area (Å²) in [5.41, 5.74) is 3.32. The van der Waals surface area contributed by atoms with Gasteiger partial charge in [-0.3, -0.25) is 4.79 Å². The molecule has 0 fully saturated rings. The topological polar surface area (TPSA) is 38.3 Å². The Balaban J connectivity index is 1.98. The van der Waals surface area contributed by atoms with Gasteiger partial charge in [-0.2, -0.15) is 0 Å². The van der Waals surface area contributed by atoms with E-state index in [1.165, 1.54) is 0 Å². The van der Waals surface area contributed by atoms with Crippen molar-refractivity contribution in [3.63, 3.8) is 0 Å². The highest BCUT2D eigenvalue weighted by Crippen LogP contribution is 2.38. The number of amides is 1. The molecule has 0 bridgehead atoms. The number of carbonyl (C=O) groups excluding carboxylic acids is 1. The van der Waals surface area contributed by atoms with Gasteiger partial charge < -0.3 is 10.1 Å². The molecule has 3 rings (SSSR count). The van der Waals surface area contributed by atoms with Gasteiger partial charge in [-0.15, -0.1) is 11.6 Å². The normalized spacial score (nSPS) is 14.9. The van der Waals surface area contributed by atoms with E-state index in [1.54, 1.807) is 0 Å².